The van der Waals surface area contributed by atoms with Gasteiger partial charge in [-0.1, -0.05) is 28.9 Å². The predicted molar refractivity (Wildman–Crippen MR) is 66.1 cm³/mol. The number of rotatable bonds is 2. The van der Waals surface area contributed by atoms with E-state index in [1.54, 1.807) is 0 Å². The number of aryl methyl sites for hydroxylation is 2. The molecule has 1 saturated carbocycles. The number of nitrogens with zero attached hydrogens (tertiary/aromatic N) is 2. The molecule has 1 aromatic heterocycles. The Kier molecular flexibility index (Phi) is 2.66. The van der Waals surface area contributed by atoms with E-state index in [0.717, 1.165) is 16.7 Å². The first kappa shape index (κ1) is 12.3. The molecule has 0 atom stereocenters. The molecule has 1 aliphatic carbocycles. The monoisotopic (exact) mass is 264 g/mol. The molecule has 3 rings (SSSR count). The van der Waals surface area contributed by atoms with Crippen LogP contribution in [0, 0.1) is 13.8 Å². The summed E-state index contributed by atoms with van der Waals surface area (Å²) in [6, 6.07) is 5.92. The molecule has 1 heterocycles. The number of hydrogen-bond acceptors (Lipinski definition) is 3. The van der Waals surface area contributed by atoms with Gasteiger partial charge in [-0.25, -0.2) is 8.78 Å². The molecule has 0 spiro atoms. The normalized spacial score (nSPS) is 18.3. The van der Waals surface area contributed by atoms with Gasteiger partial charge in [-0.15, -0.1) is 0 Å². The summed E-state index contributed by atoms with van der Waals surface area (Å²) < 4.78 is 30.8. The second kappa shape index (κ2) is 4.11. The lowest BCUT2D eigenvalue weighted by Crippen LogP contribution is -2.33. The highest BCUT2D eigenvalue weighted by molar-refractivity contribution is 5.60. The summed E-state index contributed by atoms with van der Waals surface area (Å²) in [4.78, 5) is 4.25. The van der Waals surface area contributed by atoms with Gasteiger partial charge in [-0.05, 0) is 19.4 Å². The van der Waals surface area contributed by atoms with Crippen LogP contribution in [0.2, 0.25) is 0 Å². The highest BCUT2D eigenvalue weighted by atomic mass is 19.3. The van der Waals surface area contributed by atoms with Crippen molar-refractivity contribution in [1.82, 2.24) is 10.1 Å². The van der Waals surface area contributed by atoms with Crippen LogP contribution in [0.25, 0.3) is 11.4 Å². The fraction of sp³-hybridized carbons (Fsp3) is 0.429. The van der Waals surface area contributed by atoms with Crippen LogP contribution in [0.15, 0.2) is 22.7 Å². The van der Waals surface area contributed by atoms with E-state index in [1.807, 2.05) is 32.0 Å². The van der Waals surface area contributed by atoms with E-state index >= 15 is 0 Å². The third kappa shape index (κ3) is 2.25. The van der Waals surface area contributed by atoms with Crippen molar-refractivity contribution in [2.45, 2.75) is 38.5 Å². The molecule has 1 fully saturated rings. The Morgan fingerprint density at radius 2 is 2.00 bits per heavy atom. The van der Waals surface area contributed by atoms with Crippen molar-refractivity contribution in [1.29, 1.82) is 0 Å². The van der Waals surface area contributed by atoms with E-state index in [9.17, 15) is 8.78 Å². The van der Waals surface area contributed by atoms with Gasteiger partial charge in [0.2, 0.25) is 17.6 Å². The highest BCUT2D eigenvalue weighted by Gasteiger charge is 2.48. The van der Waals surface area contributed by atoms with Crippen LogP contribution in [-0.2, 0) is 0 Å². The molecule has 3 nitrogen and oxygen atoms in total. The zero-order valence-electron chi connectivity index (χ0n) is 10.8. The van der Waals surface area contributed by atoms with Gasteiger partial charge >= 0.3 is 0 Å². The van der Waals surface area contributed by atoms with Gasteiger partial charge in [0.1, 0.15) is 0 Å². The third-order valence-corrected chi connectivity index (χ3v) is 3.50. The van der Waals surface area contributed by atoms with Gasteiger partial charge in [0.25, 0.3) is 0 Å². The first-order chi connectivity index (χ1) is 8.94. The Hall–Kier alpha value is -1.78. The Morgan fingerprint density at radius 3 is 2.63 bits per heavy atom. The minimum absolute atomic E-state index is 0.193. The van der Waals surface area contributed by atoms with Gasteiger partial charge in [0.15, 0.2) is 0 Å². The number of benzene rings is 1. The van der Waals surface area contributed by atoms with Gasteiger partial charge < -0.3 is 4.52 Å². The highest BCUT2D eigenvalue weighted by Crippen LogP contribution is 2.47. The Balaban J connectivity index is 1.85. The first-order valence-corrected chi connectivity index (χ1v) is 6.24. The molecule has 0 radical (unpaired) electrons. The Morgan fingerprint density at radius 1 is 1.26 bits per heavy atom. The number of hydrogen-bond donors (Lipinski definition) is 0. The van der Waals surface area contributed by atoms with E-state index in [4.69, 9.17) is 4.52 Å². The van der Waals surface area contributed by atoms with Crippen molar-refractivity contribution in [3.05, 3.63) is 35.2 Å². The minimum Gasteiger partial charge on any atom is -0.339 e. The van der Waals surface area contributed by atoms with Crippen molar-refractivity contribution in [2.75, 3.05) is 0 Å². The Bertz CT molecular complexity index is 614. The molecule has 100 valence electrons. The van der Waals surface area contributed by atoms with Crippen LogP contribution in [0.3, 0.4) is 0 Å². The van der Waals surface area contributed by atoms with E-state index in [-0.39, 0.29) is 18.8 Å². The van der Waals surface area contributed by atoms with Crippen molar-refractivity contribution < 1.29 is 13.3 Å². The summed E-state index contributed by atoms with van der Waals surface area (Å²) in [6.07, 6.45) is -0.386. The molecule has 19 heavy (non-hydrogen) atoms. The molecule has 0 aliphatic heterocycles. The van der Waals surface area contributed by atoms with Crippen LogP contribution in [-0.4, -0.2) is 16.1 Å². The first-order valence-electron chi connectivity index (χ1n) is 6.24. The van der Waals surface area contributed by atoms with Crippen LogP contribution in [0.4, 0.5) is 8.78 Å². The van der Waals surface area contributed by atoms with Gasteiger partial charge in [0, 0.05) is 24.3 Å². The lowest BCUT2D eigenvalue weighted by molar-refractivity contribution is -0.0925. The quantitative estimate of drug-likeness (QED) is 0.826. The predicted octanol–water partition coefficient (Wildman–Crippen LogP) is 3.87. The largest absolute Gasteiger partial charge is 0.339 e. The molecule has 0 unspecified atom stereocenters. The minimum atomic E-state index is -2.57. The smallest absolute Gasteiger partial charge is 0.249 e. The summed E-state index contributed by atoms with van der Waals surface area (Å²) >= 11 is 0. The molecule has 0 bridgehead atoms. The average molecular weight is 264 g/mol. The zero-order chi connectivity index (χ0) is 13.6. The van der Waals surface area contributed by atoms with E-state index in [1.165, 1.54) is 0 Å². The van der Waals surface area contributed by atoms with Gasteiger partial charge in [-0.3, -0.25) is 0 Å². The Labute approximate surface area is 109 Å². The molecule has 0 saturated heterocycles. The lowest BCUT2D eigenvalue weighted by Gasteiger charge is -2.31. The fourth-order valence-electron chi connectivity index (χ4n) is 2.41. The summed E-state index contributed by atoms with van der Waals surface area (Å²) in [5.74, 6) is -2.08. The van der Waals surface area contributed by atoms with Crippen molar-refractivity contribution >= 4 is 0 Å². The van der Waals surface area contributed by atoms with Gasteiger partial charge in [-0.2, -0.15) is 4.98 Å². The lowest BCUT2D eigenvalue weighted by atomic mass is 9.81. The number of halogens is 2. The average Bonchev–Trinajstić information content (AvgIpc) is 2.74. The van der Waals surface area contributed by atoms with Crippen molar-refractivity contribution in [3.63, 3.8) is 0 Å². The molecule has 1 aromatic carbocycles. The maximum Gasteiger partial charge on any atom is 0.249 e. The van der Waals surface area contributed by atoms with Crippen molar-refractivity contribution in [2.24, 2.45) is 0 Å². The van der Waals surface area contributed by atoms with Crippen LogP contribution in [0.1, 0.15) is 35.8 Å². The number of alkyl halides is 2. The van der Waals surface area contributed by atoms with Crippen LogP contribution in [0.5, 0.6) is 0 Å². The number of aromatic nitrogens is 2. The summed E-state index contributed by atoms with van der Waals surface area (Å²) in [6.45, 7) is 3.98. The zero-order valence-corrected chi connectivity index (χ0v) is 10.8. The molecular formula is C14H14F2N2O. The molecule has 1 aliphatic rings. The van der Waals surface area contributed by atoms with Crippen LogP contribution >= 0.6 is 0 Å². The van der Waals surface area contributed by atoms with Crippen LogP contribution < -0.4 is 0 Å². The molecule has 0 amide bonds. The molecular weight excluding hydrogens is 250 g/mol. The molecule has 0 N–H and O–H groups in total. The summed E-state index contributed by atoms with van der Waals surface area (Å²) in [5, 5.41) is 3.90. The van der Waals surface area contributed by atoms with Gasteiger partial charge in [0.05, 0.1) is 0 Å². The van der Waals surface area contributed by atoms with Crippen molar-refractivity contribution in [3.8, 4) is 11.4 Å². The van der Waals surface area contributed by atoms with E-state index < -0.39 is 5.92 Å². The van der Waals surface area contributed by atoms with E-state index in [2.05, 4.69) is 10.1 Å². The topological polar surface area (TPSA) is 38.9 Å². The standard InChI is InChI=1S/C14H14F2N2O/c1-8-3-4-11(9(2)5-8)12-17-13(19-18-12)10-6-14(15,16)7-10/h3-5,10H,6-7H2,1-2H3. The fourth-order valence-corrected chi connectivity index (χ4v) is 2.41. The third-order valence-electron chi connectivity index (χ3n) is 3.50. The molecule has 5 heteroatoms. The maximum absolute atomic E-state index is 12.8. The molecule has 2 aromatic rings. The summed E-state index contributed by atoms with van der Waals surface area (Å²) in [5.41, 5.74) is 3.08. The maximum atomic E-state index is 12.8. The summed E-state index contributed by atoms with van der Waals surface area (Å²) in [7, 11) is 0. The second-order valence-corrected chi connectivity index (χ2v) is 5.24. The second-order valence-electron chi connectivity index (χ2n) is 5.24. The van der Waals surface area contributed by atoms with E-state index in [0.29, 0.717) is 11.7 Å². The SMILES string of the molecule is Cc1ccc(-c2noc(C3CC(F)(F)C3)n2)c(C)c1.